The van der Waals surface area contributed by atoms with E-state index >= 15 is 0 Å². The Balaban J connectivity index is 2.14. The first kappa shape index (κ1) is 16.5. The Labute approximate surface area is 131 Å². The van der Waals surface area contributed by atoms with E-state index in [4.69, 9.17) is 0 Å². The van der Waals surface area contributed by atoms with Crippen molar-refractivity contribution in [2.24, 2.45) is 11.8 Å². The minimum absolute atomic E-state index is 0.662. The lowest BCUT2D eigenvalue weighted by Gasteiger charge is -2.27. The monoisotopic (exact) mass is 287 g/mol. The van der Waals surface area contributed by atoms with Crippen molar-refractivity contribution in [3.63, 3.8) is 0 Å². The first-order chi connectivity index (χ1) is 10.0. The second-order valence-corrected chi connectivity index (χ2v) is 7.32. The summed E-state index contributed by atoms with van der Waals surface area (Å²) in [6.45, 7) is 12.6. The summed E-state index contributed by atoms with van der Waals surface area (Å²) in [6.07, 6.45) is 6.67. The molecule has 2 rings (SSSR count). The summed E-state index contributed by atoms with van der Waals surface area (Å²) in [6, 6.07) is 5.35. The highest BCUT2D eigenvalue weighted by molar-refractivity contribution is 5.38. The van der Waals surface area contributed by atoms with Gasteiger partial charge in [-0.25, -0.2) is 0 Å². The van der Waals surface area contributed by atoms with E-state index < -0.39 is 0 Å². The third-order valence-electron chi connectivity index (χ3n) is 5.23. The van der Waals surface area contributed by atoms with E-state index in [0.29, 0.717) is 6.04 Å². The van der Waals surface area contributed by atoms with Crippen LogP contribution in [0, 0.1) is 32.6 Å². The lowest BCUT2D eigenvalue weighted by molar-refractivity contribution is 0.348. The molecule has 0 aromatic heterocycles. The molecule has 1 aliphatic carbocycles. The van der Waals surface area contributed by atoms with Crippen molar-refractivity contribution in [1.29, 1.82) is 0 Å². The van der Waals surface area contributed by atoms with Crippen LogP contribution in [-0.2, 0) is 6.42 Å². The number of aryl methyl sites for hydroxylation is 3. The highest BCUT2D eigenvalue weighted by Crippen LogP contribution is 2.34. The fourth-order valence-corrected chi connectivity index (χ4v) is 4.10. The molecule has 1 saturated carbocycles. The van der Waals surface area contributed by atoms with E-state index in [2.05, 4.69) is 52.1 Å². The first-order valence-corrected chi connectivity index (χ1v) is 8.81. The molecule has 118 valence electrons. The number of hydrogen-bond donors (Lipinski definition) is 1. The first-order valence-electron chi connectivity index (χ1n) is 8.81. The van der Waals surface area contributed by atoms with Crippen LogP contribution in [0.3, 0.4) is 0 Å². The maximum absolute atomic E-state index is 3.85. The normalized spacial score (nSPS) is 23.5. The van der Waals surface area contributed by atoms with Gasteiger partial charge < -0.3 is 5.32 Å². The van der Waals surface area contributed by atoms with Crippen molar-refractivity contribution < 1.29 is 0 Å². The Morgan fingerprint density at radius 2 is 1.81 bits per heavy atom. The van der Waals surface area contributed by atoms with Crippen LogP contribution < -0.4 is 5.32 Å². The molecule has 1 aliphatic rings. The number of nitrogens with one attached hydrogen (secondary N) is 1. The fourth-order valence-electron chi connectivity index (χ4n) is 4.10. The lowest BCUT2D eigenvalue weighted by atomic mass is 9.87. The van der Waals surface area contributed by atoms with Crippen LogP contribution in [0.25, 0.3) is 0 Å². The van der Waals surface area contributed by atoms with Gasteiger partial charge in [-0.2, -0.15) is 0 Å². The summed E-state index contributed by atoms with van der Waals surface area (Å²) >= 11 is 0. The van der Waals surface area contributed by atoms with Crippen LogP contribution in [0.5, 0.6) is 0 Å². The Kier molecular flexibility index (Phi) is 5.87. The van der Waals surface area contributed by atoms with Crippen LogP contribution >= 0.6 is 0 Å². The third-order valence-corrected chi connectivity index (χ3v) is 5.23. The van der Waals surface area contributed by atoms with E-state index in [9.17, 15) is 0 Å². The molecule has 1 fully saturated rings. The molecule has 3 atom stereocenters. The van der Waals surface area contributed by atoms with Gasteiger partial charge in [-0.05, 0) is 81.5 Å². The van der Waals surface area contributed by atoms with Gasteiger partial charge in [-0.3, -0.25) is 0 Å². The van der Waals surface area contributed by atoms with Crippen LogP contribution in [0.1, 0.15) is 61.8 Å². The van der Waals surface area contributed by atoms with E-state index in [1.807, 2.05) is 0 Å². The smallest absolute Gasteiger partial charge is 0.0136 e. The molecule has 1 N–H and O–H groups in total. The summed E-state index contributed by atoms with van der Waals surface area (Å²) in [5.74, 6) is 1.78. The van der Waals surface area contributed by atoms with E-state index in [1.54, 1.807) is 5.56 Å². The molecule has 1 aromatic carbocycles. The Hall–Kier alpha value is -0.820. The molecule has 0 bridgehead atoms. The highest BCUT2D eigenvalue weighted by Gasteiger charge is 2.29. The molecule has 0 saturated heterocycles. The molecule has 1 heteroatoms. The maximum atomic E-state index is 3.85. The van der Waals surface area contributed by atoms with Gasteiger partial charge in [0.1, 0.15) is 0 Å². The van der Waals surface area contributed by atoms with Gasteiger partial charge in [0.2, 0.25) is 0 Å². The lowest BCUT2D eigenvalue weighted by Crippen LogP contribution is -2.38. The summed E-state index contributed by atoms with van der Waals surface area (Å²) in [5, 5.41) is 3.85. The van der Waals surface area contributed by atoms with Crippen molar-refractivity contribution in [2.45, 2.75) is 72.8 Å². The van der Waals surface area contributed by atoms with Crippen LogP contribution in [0.4, 0.5) is 0 Å². The van der Waals surface area contributed by atoms with Crippen LogP contribution in [-0.4, -0.2) is 12.6 Å². The second kappa shape index (κ2) is 7.45. The predicted octanol–water partition coefficient (Wildman–Crippen LogP) is 4.96. The van der Waals surface area contributed by atoms with Crippen LogP contribution in [0.15, 0.2) is 12.1 Å². The maximum Gasteiger partial charge on any atom is 0.0136 e. The van der Waals surface area contributed by atoms with Gasteiger partial charge in [0.25, 0.3) is 0 Å². The Morgan fingerprint density at radius 1 is 1.14 bits per heavy atom. The van der Waals surface area contributed by atoms with E-state index in [-0.39, 0.29) is 0 Å². The van der Waals surface area contributed by atoms with Crippen molar-refractivity contribution in [3.05, 3.63) is 34.4 Å². The molecule has 0 amide bonds. The van der Waals surface area contributed by atoms with Gasteiger partial charge in [-0.1, -0.05) is 38.0 Å². The minimum Gasteiger partial charge on any atom is -0.313 e. The zero-order valence-electron chi connectivity index (χ0n) is 14.6. The summed E-state index contributed by atoms with van der Waals surface area (Å²) < 4.78 is 0. The van der Waals surface area contributed by atoms with Crippen molar-refractivity contribution in [2.75, 3.05) is 6.54 Å². The topological polar surface area (TPSA) is 12.0 Å². The average molecular weight is 287 g/mol. The molecule has 21 heavy (non-hydrogen) atoms. The molecule has 1 nitrogen and oxygen atoms in total. The molecular weight excluding hydrogens is 254 g/mol. The zero-order valence-corrected chi connectivity index (χ0v) is 14.6. The number of benzene rings is 1. The van der Waals surface area contributed by atoms with E-state index in [0.717, 1.165) is 18.4 Å². The van der Waals surface area contributed by atoms with Crippen molar-refractivity contribution in [1.82, 2.24) is 5.32 Å². The minimum atomic E-state index is 0.662. The van der Waals surface area contributed by atoms with Gasteiger partial charge in [-0.15, -0.1) is 0 Å². The van der Waals surface area contributed by atoms with Gasteiger partial charge in [0, 0.05) is 6.04 Å². The van der Waals surface area contributed by atoms with Crippen molar-refractivity contribution >= 4 is 0 Å². The highest BCUT2D eigenvalue weighted by atomic mass is 14.9. The molecule has 0 heterocycles. The second-order valence-electron chi connectivity index (χ2n) is 7.32. The fraction of sp³-hybridized carbons (Fsp3) is 0.700. The van der Waals surface area contributed by atoms with Gasteiger partial charge >= 0.3 is 0 Å². The Bertz CT molecular complexity index is 440. The van der Waals surface area contributed by atoms with Crippen molar-refractivity contribution in [3.8, 4) is 0 Å². The largest absolute Gasteiger partial charge is 0.313 e. The molecule has 0 radical (unpaired) electrons. The van der Waals surface area contributed by atoms with E-state index in [1.165, 1.54) is 48.8 Å². The third kappa shape index (κ3) is 4.32. The molecule has 1 aromatic rings. The zero-order chi connectivity index (χ0) is 15.4. The Morgan fingerprint density at radius 3 is 2.33 bits per heavy atom. The SMILES string of the molecule is CCCNC(Cc1c(C)cc(C)cc1C)C1CCC(C)C1. The standard InChI is InChI=1S/C20H33N/c1-6-9-21-20(18-8-7-14(2)12-18)13-19-16(4)10-15(3)11-17(19)5/h10-11,14,18,20-21H,6-9,12-13H2,1-5H3. The molecular formula is C20H33N. The van der Waals surface area contributed by atoms with Gasteiger partial charge in [0.15, 0.2) is 0 Å². The summed E-state index contributed by atoms with van der Waals surface area (Å²) in [5.41, 5.74) is 5.92. The van der Waals surface area contributed by atoms with Gasteiger partial charge in [0.05, 0.1) is 0 Å². The molecule has 0 aliphatic heterocycles. The summed E-state index contributed by atoms with van der Waals surface area (Å²) in [4.78, 5) is 0. The molecule has 0 spiro atoms. The molecule has 3 unspecified atom stereocenters. The average Bonchev–Trinajstić information content (AvgIpc) is 2.83. The number of hydrogen-bond acceptors (Lipinski definition) is 1. The quantitative estimate of drug-likeness (QED) is 0.780. The summed E-state index contributed by atoms with van der Waals surface area (Å²) in [7, 11) is 0. The predicted molar refractivity (Wildman–Crippen MR) is 92.9 cm³/mol. The van der Waals surface area contributed by atoms with Crippen LogP contribution in [0.2, 0.25) is 0 Å². The number of rotatable bonds is 6.